The molecule has 34 heavy (non-hydrogen) atoms. The van der Waals surface area contributed by atoms with Crippen LogP contribution < -0.4 is 10.6 Å². The van der Waals surface area contributed by atoms with Crippen LogP contribution in [0.3, 0.4) is 0 Å². The van der Waals surface area contributed by atoms with Gasteiger partial charge in [0.25, 0.3) is 5.91 Å². The summed E-state index contributed by atoms with van der Waals surface area (Å²) in [5, 5.41) is 15.3. The Labute approximate surface area is 205 Å². The van der Waals surface area contributed by atoms with Crippen molar-refractivity contribution in [1.82, 2.24) is 20.1 Å². The predicted molar refractivity (Wildman–Crippen MR) is 137 cm³/mol. The first-order chi connectivity index (χ1) is 16.2. The first kappa shape index (κ1) is 25.5. The summed E-state index contributed by atoms with van der Waals surface area (Å²) in [5.41, 5.74) is 3.56. The number of carbonyl (C=O) groups is 2. The highest BCUT2D eigenvalue weighted by molar-refractivity contribution is 7.99. The van der Waals surface area contributed by atoms with E-state index in [-0.39, 0.29) is 29.5 Å². The molecular formula is C26H33N5O2S. The lowest BCUT2D eigenvalue weighted by Crippen LogP contribution is -2.34. The average molecular weight is 480 g/mol. The van der Waals surface area contributed by atoms with Gasteiger partial charge in [-0.2, -0.15) is 0 Å². The summed E-state index contributed by atoms with van der Waals surface area (Å²) < 4.78 is 1.85. The van der Waals surface area contributed by atoms with Gasteiger partial charge >= 0.3 is 0 Å². The summed E-state index contributed by atoms with van der Waals surface area (Å²) in [7, 11) is 1.86. The van der Waals surface area contributed by atoms with Gasteiger partial charge in [0.05, 0.1) is 11.8 Å². The molecule has 0 bridgehead atoms. The number of benzene rings is 2. The lowest BCUT2D eigenvalue weighted by molar-refractivity contribution is -0.113. The fraction of sp³-hybridized carbons (Fsp3) is 0.385. The van der Waals surface area contributed by atoms with Crippen LogP contribution in [0.15, 0.2) is 53.7 Å². The number of hydrogen-bond acceptors (Lipinski definition) is 5. The topological polar surface area (TPSA) is 88.9 Å². The second-order valence-corrected chi connectivity index (χ2v) is 9.97. The van der Waals surface area contributed by atoms with Crippen molar-refractivity contribution in [1.29, 1.82) is 0 Å². The maximum absolute atomic E-state index is 12.9. The molecule has 2 aromatic carbocycles. The monoisotopic (exact) mass is 479 g/mol. The van der Waals surface area contributed by atoms with E-state index in [0.29, 0.717) is 22.5 Å². The molecule has 180 valence electrons. The third-order valence-electron chi connectivity index (χ3n) is 5.68. The van der Waals surface area contributed by atoms with Crippen molar-refractivity contribution in [2.75, 3.05) is 11.1 Å². The number of anilines is 1. The van der Waals surface area contributed by atoms with E-state index in [4.69, 9.17) is 0 Å². The van der Waals surface area contributed by atoms with Gasteiger partial charge in [0.2, 0.25) is 5.91 Å². The molecule has 0 saturated heterocycles. The number of aryl methyl sites for hydroxylation is 1. The lowest BCUT2D eigenvalue weighted by Gasteiger charge is -2.22. The zero-order valence-corrected chi connectivity index (χ0v) is 21.4. The van der Waals surface area contributed by atoms with Gasteiger partial charge in [-0.3, -0.25) is 9.59 Å². The van der Waals surface area contributed by atoms with Gasteiger partial charge in [-0.1, -0.05) is 69.8 Å². The Morgan fingerprint density at radius 2 is 1.68 bits per heavy atom. The molecule has 7 nitrogen and oxygen atoms in total. The number of carbonyl (C=O) groups excluding carboxylic acids is 2. The third-order valence-corrected chi connectivity index (χ3v) is 6.70. The smallest absolute Gasteiger partial charge is 0.252 e. The van der Waals surface area contributed by atoms with Crippen LogP contribution in [-0.2, 0) is 11.8 Å². The van der Waals surface area contributed by atoms with Crippen LogP contribution in [0.4, 0.5) is 5.69 Å². The van der Waals surface area contributed by atoms with E-state index in [1.165, 1.54) is 17.3 Å². The van der Waals surface area contributed by atoms with Crippen molar-refractivity contribution in [3.05, 3.63) is 71.0 Å². The number of rotatable bonds is 9. The van der Waals surface area contributed by atoms with Crippen molar-refractivity contribution in [2.24, 2.45) is 13.0 Å². The summed E-state index contributed by atoms with van der Waals surface area (Å²) in [6, 6.07) is 15.1. The highest BCUT2D eigenvalue weighted by Crippen LogP contribution is 2.25. The molecule has 1 atom stereocenters. The van der Waals surface area contributed by atoms with Gasteiger partial charge < -0.3 is 15.2 Å². The minimum atomic E-state index is -0.313. The van der Waals surface area contributed by atoms with Gasteiger partial charge in [0.15, 0.2) is 11.0 Å². The maximum atomic E-state index is 12.9. The summed E-state index contributed by atoms with van der Waals surface area (Å²) >= 11 is 1.31. The summed E-state index contributed by atoms with van der Waals surface area (Å²) in [4.78, 5) is 25.3. The highest BCUT2D eigenvalue weighted by Gasteiger charge is 2.25. The number of nitrogens with zero attached hydrogens (tertiary/aromatic N) is 3. The third kappa shape index (κ3) is 6.26. The zero-order chi connectivity index (χ0) is 24.8. The number of nitrogens with one attached hydrogen (secondary N) is 2. The van der Waals surface area contributed by atoms with E-state index in [1.54, 1.807) is 0 Å². The van der Waals surface area contributed by atoms with Crippen LogP contribution in [0, 0.1) is 12.8 Å². The second-order valence-electron chi connectivity index (χ2n) is 9.02. The summed E-state index contributed by atoms with van der Waals surface area (Å²) in [5.74, 6) is 1.16. The highest BCUT2D eigenvalue weighted by atomic mass is 32.2. The molecular weight excluding hydrogens is 446 g/mol. The Morgan fingerprint density at radius 1 is 1.00 bits per heavy atom. The van der Waals surface area contributed by atoms with Crippen LogP contribution in [0.2, 0.25) is 0 Å². The van der Waals surface area contributed by atoms with Gasteiger partial charge in [-0.05, 0) is 48.1 Å². The molecule has 0 radical (unpaired) electrons. The van der Waals surface area contributed by atoms with Crippen molar-refractivity contribution < 1.29 is 9.59 Å². The van der Waals surface area contributed by atoms with Crippen molar-refractivity contribution in [3.8, 4) is 0 Å². The van der Waals surface area contributed by atoms with Crippen LogP contribution in [0.1, 0.15) is 67.0 Å². The van der Waals surface area contributed by atoms with E-state index >= 15 is 0 Å². The van der Waals surface area contributed by atoms with E-state index in [1.807, 2.05) is 80.9 Å². The molecule has 0 aliphatic rings. The normalized spacial score (nSPS) is 12.1. The summed E-state index contributed by atoms with van der Waals surface area (Å²) in [6.45, 7) is 10.2. The van der Waals surface area contributed by atoms with Crippen LogP contribution in [0.5, 0.6) is 0 Å². The van der Waals surface area contributed by atoms with Crippen LogP contribution in [-0.4, -0.2) is 32.3 Å². The molecule has 2 N–H and O–H groups in total. The largest absolute Gasteiger partial charge is 0.342 e. The van der Waals surface area contributed by atoms with E-state index < -0.39 is 0 Å². The lowest BCUT2D eigenvalue weighted by atomic mass is 10.0. The van der Waals surface area contributed by atoms with Gasteiger partial charge in [0.1, 0.15) is 0 Å². The Hall–Kier alpha value is -3.13. The molecule has 8 heteroatoms. The quantitative estimate of drug-likeness (QED) is 0.417. The van der Waals surface area contributed by atoms with Gasteiger partial charge in [0, 0.05) is 18.3 Å². The van der Waals surface area contributed by atoms with Crippen molar-refractivity contribution >= 4 is 29.3 Å². The Morgan fingerprint density at radius 3 is 2.29 bits per heavy atom. The molecule has 0 unspecified atom stereocenters. The number of hydrogen-bond donors (Lipinski definition) is 2. The number of thioether (sulfide) groups is 1. The van der Waals surface area contributed by atoms with Crippen LogP contribution in [0.25, 0.3) is 0 Å². The fourth-order valence-electron chi connectivity index (χ4n) is 3.58. The molecule has 2 amide bonds. The number of aromatic nitrogens is 3. The number of amides is 2. The zero-order valence-electron chi connectivity index (χ0n) is 20.6. The molecule has 1 aromatic heterocycles. The summed E-state index contributed by atoms with van der Waals surface area (Å²) in [6.07, 6.45) is 0. The molecule has 3 aromatic rings. The minimum absolute atomic E-state index is 0.103. The van der Waals surface area contributed by atoms with Crippen LogP contribution >= 0.6 is 11.8 Å². The Kier molecular flexibility index (Phi) is 8.50. The maximum Gasteiger partial charge on any atom is 0.252 e. The van der Waals surface area contributed by atoms with Crippen molar-refractivity contribution in [3.63, 3.8) is 0 Å². The SMILES string of the molecule is Cc1ccccc1C(=O)N[C@@H](c1nnc(SCC(=O)Nc2ccc(C(C)C)cc2)n1C)C(C)C. The molecule has 0 aliphatic heterocycles. The predicted octanol–water partition coefficient (Wildman–Crippen LogP) is 5.10. The Bertz CT molecular complexity index is 1140. The van der Waals surface area contributed by atoms with Crippen molar-refractivity contribution in [2.45, 2.75) is 51.7 Å². The standard InChI is InChI=1S/C26H33N5O2S/c1-16(2)19-11-13-20(14-12-19)27-22(32)15-34-26-30-29-24(31(26)6)23(17(3)4)28-25(33)21-10-8-7-9-18(21)5/h7-14,16-17,23H,15H2,1-6H3,(H,27,32)(H,28,33)/t23-/m1/s1. The van der Waals surface area contributed by atoms with E-state index in [0.717, 1.165) is 11.3 Å². The second kappa shape index (κ2) is 11.3. The van der Waals surface area contributed by atoms with Gasteiger partial charge in [-0.15, -0.1) is 10.2 Å². The first-order valence-electron chi connectivity index (χ1n) is 11.5. The Balaban J connectivity index is 1.64. The first-order valence-corrected chi connectivity index (χ1v) is 12.4. The molecule has 3 rings (SSSR count). The van der Waals surface area contributed by atoms with Gasteiger partial charge in [-0.25, -0.2) is 0 Å². The average Bonchev–Trinajstić information content (AvgIpc) is 3.16. The minimum Gasteiger partial charge on any atom is -0.342 e. The molecule has 0 saturated carbocycles. The van der Waals surface area contributed by atoms with E-state index in [9.17, 15) is 9.59 Å². The molecule has 1 heterocycles. The molecule has 0 aliphatic carbocycles. The molecule has 0 fully saturated rings. The molecule has 0 spiro atoms. The van der Waals surface area contributed by atoms with E-state index in [2.05, 4.69) is 34.7 Å². The fourth-order valence-corrected chi connectivity index (χ4v) is 4.30.